The SMILES string of the molecule is CC.CC.CC.CC.Cc1cc2cc(CC(=O)c3ccccc3)cnc2[nH]1.Cc1cc2cc(N)cnc2[nH]1.Cc1cc2cc([N+](=O)[O-])cnc2[nH]1.O=C(Cl)c1ccccc1.O=C=O.O=C=O.O=C=O. The fourth-order valence-electron chi connectivity index (χ4n) is 5.19. The van der Waals surface area contributed by atoms with Crippen LogP contribution in [0.15, 0.2) is 116 Å². The lowest BCUT2D eigenvalue weighted by molar-refractivity contribution is -0.385. The molecule has 0 saturated heterocycles. The molecule has 0 aliphatic carbocycles. The second kappa shape index (κ2) is 39.8. The maximum absolute atomic E-state index is 12.1. The fourth-order valence-corrected chi connectivity index (χ4v) is 5.31. The van der Waals surface area contributed by atoms with E-state index in [2.05, 4.69) is 29.9 Å². The number of hydrogen-bond acceptors (Lipinski definition) is 14. The van der Waals surface area contributed by atoms with Gasteiger partial charge in [0.05, 0.1) is 16.8 Å². The third-order valence-corrected chi connectivity index (χ3v) is 7.77. The number of aryl methyl sites for hydroxylation is 3. The van der Waals surface area contributed by atoms with E-state index in [4.69, 9.17) is 46.1 Å². The molecule has 8 aromatic rings. The summed E-state index contributed by atoms with van der Waals surface area (Å²) in [6.07, 6.45) is 5.80. The third-order valence-electron chi connectivity index (χ3n) is 7.55. The number of nitrogens with zero attached hydrogens (tertiary/aromatic N) is 4. The Morgan fingerprint density at radius 2 is 0.913 bits per heavy atom. The maximum Gasteiger partial charge on any atom is 0.373 e. The Morgan fingerprint density at radius 1 is 0.565 bits per heavy atom. The smallest absolute Gasteiger partial charge is 0.373 e. The molecule has 0 fully saturated rings. The van der Waals surface area contributed by atoms with Crippen molar-refractivity contribution in [3.63, 3.8) is 0 Å². The number of halogens is 1. The van der Waals surface area contributed by atoms with Crippen molar-refractivity contribution in [3.05, 3.63) is 160 Å². The highest BCUT2D eigenvalue weighted by atomic mass is 35.5. The number of H-pyrrole nitrogens is 3. The van der Waals surface area contributed by atoms with Crippen LogP contribution in [0.25, 0.3) is 33.1 Å². The number of rotatable bonds is 5. The minimum Gasteiger partial charge on any atom is -0.397 e. The van der Waals surface area contributed by atoms with Crippen molar-refractivity contribution in [2.45, 2.75) is 82.6 Å². The first-order valence-corrected chi connectivity index (χ1v) is 21.6. The number of ketones is 1. The summed E-state index contributed by atoms with van der Waals surface area (Å²) in [4.78, 5) is 103. The van der Waals surface area contributed by atoms with E-state index in [1.165, 1.54) is 12.3 Å². The molecule has 0 aliphatic rings. The predicted octanol–water partition coefficient (Wildman–Crippen LogP) is 10.9. The molecule has 69 heavy (non-hydrogen) atoms. The molecule has 19 heteroatoms. The zero-order valence-corrected chi connectivity index (χ0v) is 41.3. The van der Waals surface area contributed by atoms with E-state index >= 15 is 0 Å². The highest BCUT2D eigenvalue weighted by Gasteiger charge is 2.09. The molecule has 366 valence electrons. The van der Waals surface area contributed by atoms with Gasteiger partial charge in [-0.25, -0.2) is 15.0 Å². The second-order valence-corrected chi connectivity index (χ2v) is 12.4. The van der Waals surface area contributed by atoms with Gasteiger partial charge in [0.25, 0.3) is 10.9 Å². The Bertz CT molecular complexity index is 2760. The molecule has 0 radical (unpaired) electrons. The van der Waals surface area contributed by atoms with E-state index in [9.17, 15) is 19.7 Å². The van der Waals surface area contributed by atoms with Crippen LogP contribution in [0.1, 0.15) is 98.8 Å². The van der Waals surface area contributed by atoms with Gasteiger partial charge < -0.3 is 20.7 Å². The van der Waals surface area contributed by atoms with Crippen LogP contribution >= 0.6 is 11.6 Å². The number of nitro groups is 1. The van der Waals surface area contributed by atoms with Crippen molar-refractivity contribution < 1.29 is 43.3 Å². The van der Waals surface area contributed by atoms with Gasteiger partial charge in [-0.15, -0.1) is 0 Å². The molecule has 0 amide bonds. The van der Waals surface area contributed by atoms with Gasteiger partial charge in [-0.2, -0.15) is 28.8 Å². The Balaban J connectivity index is -0.000000777. The van der Waals surface area contributed by atoms with Gasteiger partial charge in [-0.3, -0.25) is 19.7 Å². The van der Waals surface area contributed by atoms with E-state index in [0.29, 0.717) is 23.3 Å². The number of aromatic nitrogens is 6. The molecule has 5 N–H and O–H groups in total. The molecule has 0 unspecified atom stereocenters. The lowest BCUT2D eigenvalue weighted by Gasteiger charge is -2.01. The molecule has 2 aromatic carbocycles. The number of Topliss-reactive ketones (excluding diaryl/α,β-unsaturated/α-hetero) is 1. The monoisotopic (exact) mass is 966 g/mol. The van der Waals surface area contributed by atoms with E-state index < -0.39 is 10.2 Å². The summed E-state index contributed by atoms with van der Waals surface area (Å²) in [7, 11) is 0. The van der Waals surface area contributed by atoms with Crippen LogP contribution in [0.4, 0.5) is 11.4 Å². The molecule has 6 heterocycles. The van der Waals surface area contributed by atoms with Gasteiger partial charge in [-0.05, 0) is 68.3 Å². The molecule has 6 aromatic heterocycles. The number of aromatic amines is 3. The van der Waals surface area contributed by atoms with E-state index in [1.54, 1.807) is 36.7 Å². The normalized spacial score (nSPS) is 8.52. The fraction of sp³-hybridized carbons (Fsp3) is 0.240. The van der Waals surface area contributed by atoms with E-state index in [1.807, 2.05) is 143 Å². The average molecular weight is 968 g/mol. The molecule has 18 nitrogen and oxygen atoms in total. The molecule has 0 aliphatic heterocycles. The molecule has 0 saturated carbocycles. The molecule has 8 rings (SSSR count). The number of fused-ring (bicyclic) bond motifs is 3. The lowest BCUT2D eigenvalue weighted by atomic mass is 10.0. The minimum absolute atomic E-state index is 0.0199. The van der Waals surface area contributed by atoms with E-state index in [0.717, 1.165) is 55.7 Å². The van der Waals surface area contributed by atoms with Crippen LogP contribution in [0, 0.1) is 30.9 Å². The topological polar surface area (TPSA) is 292 Å². The first-order chi connectivity index (χ1) is 33.2. The summed E-state index contributed by atoms with van der Waals surface area (Å²) in [6, 6.07) is 29.4. The Kier molecular flexibility index (Phi) is 37.4. The van der Waals surface area contributed by atoms with Gasteiger partial charge >= 0.3 is 18.5 Å². The third kappa shape index (κ3) is 26.3. The van der Waals surface area contributed by atoms with Crippen molar-refractivity contribution in [1.29, 1.82) is 0 Å². The van der Waals surface area contributed by atoms with Crippen LogP contribution in [0.5, 0.6) is 0 Å². The number of anilines is 1. The molecular weight excluding hydrogens is 908 g/mol. The highest BCUT2D eigenvalue weighted by Crippen LogP contribution is 2.19. The minimum atomic E-state index is -0.450. The van der Waals surface area contributed by atoms with Crippen molar-refractivity contribution in [2.24, 2.45) is 0 Å². The Morgan fingerprint density at radius 3 is 1.29 bits per heavy atom. The number of hydrogen-bond donors (Lipinski definition) is 4. The van der Waals surface area contributed by atoms with Gasteiger partial charge in [-0.1, -0.05) is 116 Å². The quantitative estimate of drug-likeness (QED) is 0.0540. The summed E-state index contributed by atoms with van der Waals surface area (Å²) in [5.41, 5.74) is 14.1. The summed E-state index contributed by atoms with van der Waals surface area (Å²) >= 11 is 5.16. The number of carbonyl (C=O) groups excluding carboxylic acids is 8. The lowest BCUT2D eigenvalue weighted by Crippen LogP contribution is -2.03. The van der Waals surface area contributed by atoms with Crippen LogP contribution in [-0.2, 0) is 35.2 Å². The second-order valence-electron chi connectivity index (χ2n) is 12.1. The van der Waals surface area contributed by atoms with E-state index in [-0.39, 0.29) is 29.9 Å². The van der Waals surface area contributed by atoms with Crippen molar-refractivity contribution in [2.75, 3.05) is 5.73 Å². The number of nitrogens with one attached hydrogen (secondary N) is 3. The summed E-state index contributed by atoms with van der Waals surface area (Å²) < 4.78 is 0. The molecule has 0 atom stereocenters. The number of nitrogen functional groups attached to an aromatic ring is 1. The predicted molar refractivity (Wildman–Crippen MR) is 265 cm³/mol. The maximum atomic E-state index is 12.1. The zero-order valence-electron chi connectivity index (χ0n) is 40.5. The van der Waals surface area contributed by atoms with Gasteiger partial charge in [0.2, 0.25) is 0 Å². The Hall–Kier alpha value is -8.52. The van der Waals surface area contributed by atoms with Crippen LogP contribution in [0.3, 0.4) is 0 Å². The first kappa shape index (κ1) is 64.8. The first-order valence-electron chi connectivity index (χ1n) is 21.3. The molecular formula is C50H59ClN8O10. The van der Waals surface area contributed by atoms with Gasteiger partial charge in [0, 0.05) is 63.1 Å². The van der Waals surface area contributed by atoms with Crippen molar-refractivity contribution >= 4 is 85.6 Å². The van der Waals surface area contributed by atoms with Crippen molar-refractivity contribution in [3.8, 4) is 0 Å². The summed E-state index contributed by atoms with van der Waals surface area (Å²) in [5.74, 6) is 0.119. The largest absolute Gasteiger partial charge is 0.397 e. The average Bonchev–Trinajstić information content (AvgIpc) is 4.06. The van der Waals surface area contributed by atoms with Gasteiger partial charge in [0.15, 0.2) is 5.78 Å². The number of benzene rings is 2. The number of carbonyl (C=O) groups is 2. The standard InChI is InChI=1S/C16H14N2O.C8H7N3O2.C8H9N3.C7H5ClO.4C2H6.3CO2/c1-11-7-14-8-12(10-17-16(14)18-11)9-15(19)13-5-3-2-4-6-13;1-5-2-6-3-7(11(12)13)4-9-8(6)10-5;1-5-2-6-3-7(9)4-10-8(6)11-5;8-7(9)6-4-2-1-3-5-6;4*1-2;3*2-1-3/h2-8,10H,9H2,1H3,(H,17,18);2-4H,1H3,(H,9,10);2-4H,9H2,1H3,(H,10,11);1-5H;4*1-2H3;;;. The zero-order chi connectivity index (χ0) is 53.3. The highest BCUT2D eigenvalue weighted by molar-refractivity contribution is 6.67. The number of pyridine rings is 3. The van der Waals surface area contributed by atoms with Crippen LogP contribution in [-0.4, -0.2) is 64.3 Å². The van der Waals surface area contributed by atoms with Gasteiger partial charge in [0.1, 0.15) is 23.1 Å². The van der Waals surface area contributed by atoms with Crippen LogP contribution < -0.4 is 5.73 Å². The number of nitrogens with two attached hydrogens (primary N) is 1. The molecule has 0 bridgehead atoms. The Labute approximate surface area is 405 Å². The summed E-state index contributed by atoms with van der Waals surface area (Å²) in [6.45, 7) is 21.9. The summed E-state index contributed by atoms with van der Waals surface area (Å²) in [5, 5.41) is 12.9. The molecule has 0 spiro atoms. The van der Waals surface area contributed by atoms with Crippen LogP contribution in [0.2, 0.25) is 0 Å². The van der Waals surface area contributed by atoms with Crippen molar-refractivity contribution in [1.82, 2.24) is 29.9 Å².